The number of anilines is 1. The zero-order valence-electron chi connectivity index (χ0n) is 25.1. The van der Waals surface area contributed by atoms with E-state index in [2.05, 4.69) is 21.8 Å². The molecule has 1 aliphatic heterocycles. The molecule has 11 nitrogen and oxygen atoms in total. The Bertz CT molecular complexity index is 1450. The van der Waals surface area contributed by atoms with Crippen LogP contribution in [-0.2, 0) is 11.3 Å². The number of aliphatic hydroxyl groups excluding tert-OH is 1. The first-order valence-corrected chi connectivity index (χ1v) is 15.1. The molecule has 0 saturated carbocycles. The van der Waals surface area contributed by atoms with Crippen LogP contribution in [0.1, 0.15) is 20.3 Å². The van der Waals surface area contributed by atoms with Gasteiger partial charge in [-0.1, -0.05) is 29.8 Å². The summed E-state index contributed by atoms with van der Waals surface area (Å²) in [6.45, 7) is 13.0. The van der Waals surface area contributed by atoms with Crippen molar-refractivity contribution in [1.29, 1.82) is 0 Å². The van der Waals surface area contributed by atoms with Crippen molar-refractivity contribution >= 4 is 40.2 Å². The van der Waals surface area contributed by atoms with E-state index in [0.717, 1.165) is 32.7 Å². The summed E-state index contributed by atoms with van der Waals surface area (Å²) in [6, 6.07) is 3.26. The van der Waals surface area contributed by atoms with E-state index in [1.54, 1.807) is 29.0 Å². The van der Waals surface area contributed by atoms with Crippen molar-refractivity contribution in [3.63, 3.8) is 0 Å². The molecule has 0 amide bonds. The van der Waals surface area contributed by atoms with Gasteiger partial charge < -0.3 is 29.5 Å². The fourth-order valence-corrected chi connectivity index (χ4v) is 5.85. The lowest BCUT2D eigenvalue weighted by molar-refractivity contribution is 0.00542. The van der Waals surface area contributed by atoms with Crippen LogP contribution in [-0.4, -0.2) is 102 Å². The molecule has 3 aromatic rings. The molecule has 0 aliphatic carbocycles. The van der Waals surface area contributed by atoms with Crippen molar-refractivity contribution < 1.29 is 19.3 Å². The highest BCUT2D eigenvalue weighted by atomic mass is 35.5. The van der Waals surface area contributed by atoms with Gasteiger partial charge in [0.25, 0.3) is 5.56 Å². The molecule has 2 aromatic heterocycles. The molecule has 234 valence electrons. The third kappa shape index (κ3) is 7.60. The fourth-order valence-electron chi connectivity index (χ4n) is 5.15. The Morgan fingerprint density at radius 3 is 2.40 bits per heavy atom. The summed E-state index contributed by atoms with van der Waals surface area (Å²) in [5.74, 6) is 1.07. The van der Waals surface area contributed by atoms with Crippen molar-refractivity contribution in [3.05, 3.63) is 51.4 Å². The molecule has 1 aliphatic rings. The molecule has 0 radical (unpaired) electrons. The number of ether oxygens (including phenoxy) is 3. The number of nitrogens with zero attached hydrogens (tertiary/aromatic N) is 5. The van der Waals surface area contributed by atoms with Crippen LogP contribution in [0.2, 0.25) is 10.0 Å². The van der Waals surface area contributed by atoms with Gasteiger partial charge in [0.05, 0.1) is 36.4 Å². The number of benzene rings is 1. The lowest BCUT2D eigenvalue weighted by Crippen LogP contribution is -2.50. The first kappa shape index (κ1) is 33.0. The van der Waals surface area contributed by atoms with Gasteiger partial charge in [0.1, 0.15) is 23.4 Å². The van der Waals surface area contributed by atoms with Crippen LogP contribution in [0, 0.1) is 0 Å². The molecule has 0 spiro atoms. The molecule has 3 heterocycles. The average Bonchev–Trinajstić information content (AvgIpc) is 3.01. The number of piperazine rings is 1. The summed E-state index contributed by atoms with van der Waals surface area (Å²) in [5.41, 5.74) is 0.818. The van der Waals surface area contributed by atoms with Gasteiger partial charge in [0, 0.05) is 68.6 Å². The van der Waals surface area contributed by atoms with Crippen LogP contribution in [0.25, 0.3) is 22.2 Å². The maximum Gasteiger partial charge on any atom is 0.260 e. The first-order chi connectivity index (χ1) is 20.7. The summed E-state index contributed by atoms with van der Waals surface area (Å²) in [7, 11) is 2.98. The normalized spacial score (nSPS) is 15.8. The van der Waals surface area contributed by atoms with Crippen LogP contribution in [0.4, 0.5) is 5.95 Å². The fraction of sp³-hybridized carbons (Fsp3) is 0.500. The topological polar surface area (TPSA) is 114 Å². The van der Waals surface area contributed by atoms with Crippen LogP contribution < -0.4 is 20.3 Å². The number of nitrogens with one attached hydrogen (secondary N) is 1. The molecule has 4 rings (SSSR count). The number of hydrogen-bond donors (Lipinski definition) is 2. The first-order valence-electron chi connectivity index (χ1n) is 14.3. The monoisotopic (exact) mass is 634 g/mol. The minimum absolute atomic E-state index is 0.0306. The Morgan fingerprint density at radius 2 is 1.79 bits per heavy atom. The highest BCUT2D eigenvalue weighted by molar-refractivity contribution is 6.41. The highest BCUT2D eigenvalue weighted by Crippen LogP contribution is 2.45. The van der Waals surface area contributed by atoms with Gasteiger partial charge in [-0.15, -0.1) is 0 Å². The average molecular weight is 636 g/mol. The number of pyridine rings is 1. The third-order valence-corrected chi connectivity index (χ3v) is 8.22. The Hall–Kier alpha value is -2.93. The highest BCUT2D eigenvalue weighted by Gasteiger charge is 2.24. The zero-order valence-corrected chi connectivity index (χ0v) is 26.6. The molecular weight excluding hydrogens is 595 g/mol. The Kier molecular flexibility index (Phi) is 11.6. The van der Waals surface area contributed by atoms with Crippen molar-refractivity contribution in [2.75, 3.05) is 65.5 Å². The van der Waals surface area contributed by atoms with E-state index >= 15 is 0 Å². The maximum atomic E-state index is 14.2. The Balaban J connectivity index is 1.71. The number of methoxy groups -OCH3 is 2. The molecule has 43 heavy (non-hydrogen) atoms. The van der Waals surface area contributed by atoms with Crippen molar-refractivity contribution in [3.8, 4) is 22.6 Å². The lowest BCUT2D eigenvalue weighted by atomic mass is 10.0. The second-order valence-corrected chi connectivity index (χ2v) is 11.1. The van der Waals surface area contributed by atoms with Gasteiger partial charge in [-0.2, -0.15) is 4.98 Å². The predicted octanol–water partition coefficient (Wildman–Crippen LogP) is 4.13. The van der Waals surface area contributed by atoms with Crippen LogP contribution in [0.15, 0.2) is 35.8 Å². The molecule has 0 bridgehead atoms. The summed E-state index contributed by atoms with van der Waals surface area (Å²) < 4.78 is 18.1. The summed E-state index contributed by atoms with van der Waals surface area (Å²) in [6.07, 6.45) is 3.28. The number of rotatable bonds is 14. The van der Waals surface area contributed by atoms with E-state index < -0.39 is 6.23 Å². The molecular formula is C30H40Cl2N6O5. The standard InChI is InChI=1S/C30H40Cl2N6O5/c1-6-24(39)37-13-11-36(12-14-37)9-8-10-38-28-20(17-33-30(35-28)34-19(3)18-43-7-2)15-21(29(38)40)25-26(31)22(41-4)16-23(42-5)27(25)32/h6,15-17,19,24,39H,1,7-14,18H2,2-5H3,(H,33,34,35). The second kappa shape index (κ2) is 15.2. The Morgan fingerprint density at radius 1 is 1.12 bits per heavy atom. The van der Waals surface area contributed by atoms with Gasteiger partial charge in [-0.05, 0) is 39.0 Å². The van der Waals surface area contributed by atoms with Gasteiger partial charge in [0.15, 0.2) is 0 Å². The van der Waals surface area contributed by atoms with Crippen molar-refractivity contribution in [1.82, 2.24) is 24.3 Å². The quantitative estimate of drug-likeness (QED) is 0.251. The van der Waals surface area contributed by atoms with Crippen LogP contribution in [0.5, 0.6) is 11.5 Å². The lowest BCUT2D eigenvalue weighted by Gasteiger charge is -2.36. The molecule has 1 fully saturated rings. The third-order valence-electron chi connectivity index (χ3n) is 7.47. The van der Waals surface area contributed by atoms with E-state index in [0.29, 0.717) is 65.8 Å². The summed E-state index contributed by atoms with van der Waals surface area (Å²) in [4.78, 5) is 27.8. The molecule has 1 aromatic carbocycles. The van der Waals surface area contributed by atoms with E-state index in [-0.39, 0.29) is 21.6 Å². The molecule has 2 N–H and O–H groups in total. The minimum atomic E-state index is -0.637. The van der Waals surface area contributed by atoms with Gasteiger partial charge in [-0.25, -0.2) is 4.98 Å². The van der Waals surface area contributed by atoms with E-state index in [4.69, 9.17) is 42.4 Å². The number of hydrogen-bond acceptors (Lipinski definition) is 10. The number of aryl methyl sites for hydroxylation is 1. The van der Waals surface area contributed by atoms with Crippen molar-refractivity contribution in [2.24, 2.45) is 0 Å². The second-order valence-electron chi connectivity index (χ2n) is 10.4. The largest absolute Gasteiger partial charge is 0.495 e. The van der Waals surface area contributed by atoms with Crippen molar-refractivity contribution in [2.45, 2.75) is 39.1 Å². The number of halogens is 2. The molecule has 1 saturated heterocycles. The predicted molar refractivity (Wildman–Crippen MR) is 171 cm³/mol. The van der Waals surface area contributed by atoms with E-state index in [1.807, 2.05) is 18.7 Å². The van der Waals surface area contributed by atoms with Gasteiger partial charge in [-0.3, -0.25) is 14.3 Å². The minimum Gasteiger partial charge on any atom is -0.495 e. The van der Waals surface area contributed by atoms with Gasteiger partial charge >= 0.3 is 0 Å². The zero-order chi connectivity index (χ0) is 31.1. The van der Waals surface area contributed by atoms with Gasteiger partial charge in [0.2, 0.25) is 5.95 Å². The number of fused-ring (bicyclic) bond motifs is 1. The number of aliphatic hydroxyl groups is 1. The Labute approximate surface area is 262 Å². The smallest absolute Gasteiger partial charge is 0.260 e. The van der Waals surface area contributed by atoms with E-state index in [1.165, 1.54) is 14.2 Å². The maximum absolute atomic E-state index is 14.2. The molecule has 2 atom stereocenters. The number of aromatic nitrogens is 3. The van der Waals surface area contributed by atoms with Crippen LogP contribution >= 0.6 is 23.2 Å². The molecule has 2 unspecified atom stereocenters. The SMILES string of the molecule is C=CC(O)N1CCN(CCCn2c(=O)c(-c3c(Cl)c(OC)cc(OC)c3Cl)cc3cnc(NC(C)COCC)nc32)CC1. The molecule has 13 heteroatoms. The van der Waals surface area contributed by atoms with E-state index in [9.17, 15) is 9.90 Å². The van der Waals surface area contributed by atoms with Crippen LogP contribution in [0.3, 0.4) is 0 Å². The summed E-state index contributed by atoms with van der Waals surface area (Å²) >= 11 is 13.5. The summed E-state index contributed by atoms with van der Waals surface area (Å²) in [5, 5.41) is 14.4.